The number of carbonyl (C=O) groups excluding carboxylic acids is 1. The third-order valence-corrected chi connectivity index (χ3v) is 3.66. The topological polar surface area (TPSA) is 52.3 Å². The normalized spacial score (nSPS) is 43.2. The average molecular weight is 183 g/mol. The van der Waals surface area contributed by atoms with E-state index in [1.165, 1.54) is 26.4 Å². The predicted octanol–water partition coefficient (Wildman–Crippen LogP) is 1.07. The van der Waals surface area contributed by atoms with Crippen molar-refractivity contribution in [3.8, 4) is 0 Å². The number of hydrogen-bond acceptors (Lipinski definition) is 3. The van der Waals surface area contributed by atoms with E-state index in [2.05, 4.69) is 0 Å². The molecule has 2 aliphatic carbocycles. The van der Waals surface area contributed by atoms with E-state index < -0.39 is 5.54 Å². The van der Waals surface area contributed by atoms with Gasteiger partial charge in [0.15, 0.2) is 0 Å². The molecule has 0 aliphatic heterocycles. The van der Waals surface area contributed by atoms with Crippen LogP contribution in [0.2, 0.25) is 0 Å². The van der Waals surface area contributed by atoms with Crippen LogP contribution in [0.1, 0.15) is 32.1 Å². The molecule has 0 radical (unpaired) electrons. The Balaban J connectivity index is 2.08. The van der Waals surface area contributed by atoms with E-state index in [0.717, 1.165) is 12.8 Å². The first-order chi connectivity index (χ1) is 6.15. The molecule has 2 unspecified atom stereocenters. The zero-order valence-electron chi connectivity index (χ0n) is 8.08. The van der Waals surface area contributed by atoms with Gasteiger partial charge in [-0.05, 0) is 24.7 Å². The SMILES string of the molecule is COC(=O)C1(N)CC2CCCC2C1. The second-order valence-corrected chi connectivity index (χ2v) is 4.51. The molecule has 2 rings (SSSR count). The highest BCUT2D eigenvalue weighted by Gasteiger charge is 2.49. The summed E-state index contributed by atoms with van der Waals surface area (Å²) in [5.74, 6) is 1.15. The molecule has 0 spiro atoms. The zero-order chi connectivity index (χ0) is 9.47. The Kier molecular flexibility index (Phi) is 2.06. The van der Waals surface area contributed by atoms with Crippen molar-refractivity contribution < 1.29 is 9.53 Å². The first-order valence-electron chi connectivity index (χ1n) is 5.03. The van der Waals surface area contributed by atoms with Crippen molar-refractivity contribution in [3.05, 3.63) is 0 Å². The maximum absolute atomic E-state index is 11.4. The number of carbonyl (C=O) groups is 1. The van der Waals surface area contributed by atoms with Crippen LogP contribution in [0, 0.1) is 11.8 Å². The van der Waals surface area contributed by atoms with E-state index in [4.69, 9.17) is 10.5 Å². The fourth-order valence-corrected chi connectivity index (χ4v) is 3.04. The third kappa shape index (κ3) is 1.35. The van der Waals surface area contributed by atoms with Crippen molar-refractivity contribution in [1.29, 1.82) is 0 Å². The van der Waals surface area contributed by atoms with Crippen molar-refractivity contribution >= 4 is 5.97 Å². The van der Waals surface area contributed by atoms with Gasteiger partial charge in [0.05, 0.1) is 7.11 Å². The largest absolute Gasteiger partial charge is 0.468 e. The molecule has 74 valence electrons. The summed E-state index contributed by atoms with van der Waals surface area (Å²) in [5, 5.41) is 0. The lowest BCUT2D eigenvalue weighted by atomic mass is 9.95. The van der Waals surface area contributed by atoms with Crippen molar-refractivity contribution in [2.45, 2.75) is 37.6 Å². The van der Waals surface area contributed by atoms with Gasteiger partial charge in [-0.15, -0.1) is 0 Å². The van der Waals surface area contributed by atoms with E-state index in [9.17, 15) is 4.79 Å². The number of methoxy groups -OCH3 is 1. The Morgan fingerprint density at radius 2 is 1.92 bits per heavy atom. The van der Waals surface area contributed by atoms with Gasteiger partial charge < -0.3 is 10.5 Å². The summed E-state index contributed by atoms with van der Waals surface area (Å²) in [6, 6.07) is 0. The molecule has 3 nitrogen and oxygen atoms in total. The standard InChI is InChI=1S/C10H17NO2/c1-13-9(12)10(11)5-7-3-2-4-8(7)6-10/h7-8H,2-6,11H2,1H3. The Bertz CT molecular complexity index is 215. The fraction of sp³-hybridized carbons (Fsp3) is 0.900. The molecule has 0 aromatic carbocycles. The minimum atomic E-state index is -0.662. The van der Waals surface area contributed by atoms with Crippen LogP contribution in [0.4, 0.5) is 0 Å². The number of ether oxygens (including phenoxy) is 1. The molecule has 0 aromatic rings. The van der Waals surface area contributed by atoms with Crippen LogP contribution in [0.25, 0.3) is 0 Å². The summed E-state index contributed by atoms with van der Waals surface area (Å²) in [5.41, 5.74) is 5.37. The van der Waals surface area contributed by atoms with E-state index >= 15 is 0 Å². The second kappa shape index (κ2) is 2.98. The van der Waals surface area contributed by atoms with E-state index in [1.807, 2.05) is 0 Å². The summed E-state index contributed by atoms with van der Waals surface area (Å²) in [7, 11) is 1.42. The van der Waals surface area contributed by atoms with Crippen LogP contribution < -0.4 is 5.73 Å². The highest BCUT2D eigenvalue weighted by atomic mass is 16.5. The fourth-order valence-electron chi connectivity index (χ4n) is 3.04. The summed E-state index contributed by atoms with van der Waals surface area (Å²) in [6.45, 7) is 0. The van der Waals surface area contributed by atoms with Crippen LogP contribution >= 0.6 is 0 Å². The summed E-state index contributed by atoms with van der Waals surface area (Å²) in [4.78, 5) is 11.4. The van der Waals surface area contributed by atoms with Crippen molar-refractivity contribution in [2.24, 2.45) is 17.6 Å². The number of nitrogens with two attached hydrogens (primary N) is 1. The monoisotopic (exact) mass is 183 g/mol. The first-order valence-corrected chi connectivity index (χ1v) is 5.03. The maximum Gasteiger partial charge on any atom is 0.325 e. The van der Waals surface area contributed by atoms with Gasteiger partial charge in [-0.1, -0.05) is 19.3 Å². The average Bonchev–Trinajstić information content (AvgIpc) is 2.61. The van der Waals surface area contributed by atoms with Gasteiger partial charge in [-0.2, -0.15) is 0 Å². The van der Waals surface area contributed by atoms with Gasteiger partial charge in [-0.3, -0.25) is 4.79 Å². The van der Waals surface area contributed by atoms with Gasteiger partial charge in [0, 0.05) is 0 Å². The predicted molar refractivity (Wildman–Crippen MR) is 49.0 cm³/mol. The number of esters is 1. The summed E-state index contributed by atoms with van der Waals surface area (Å²) in [6.07, 6.45) is 5.49. The van der Waals surface area contributed by atoms with Crippen molar-refractivity contribution in [2.75, 3.05) is 7.11 Å². The minimum Gasteiger partial charge on any atom is -0.468 e. The van der Waals surface area contributed by atoms with E-state index in [0.29, 0.717) is 11.8 Å². The molecule has 0 heterocycles. The third-order valence-electron chi connectivity index (χ3n) is 3.66. The number of rotatable bonds is 1. The lowest BCUT2D eigenvalue weighted by Gasteiger charge is -2.21. The molecule has 2 aliphatic rings. The summed E-state index contributed by atoms with van der Waals surface area (Å²) >= 11 is 0. The number of hydrogen-bond donors (Lipinski definition) is 1. The lowest BCUT2D eigenvalue weighted by Crippen LogP contribution is -2.46. The van der Waals surface area contributed by atoms with Gasteiger partial charge >= 0.3 is 5.97 Å². The molecule has 3 heteroatoms. The van der Waals surface area contributed by atoms with Gasteiger partial charge in [0.25, 0.3) is 0 Å². The van der Waals surface area contributed by atoms with Crippen LogP contribution in [0.3, 0.4) is 0 Å². The molecular formula is C10H17NO2. The Labute approximate surface area is 78.6 Å². The molecular weight excluding hydrogens is 166 g/mol. The van der Waals surface area contributed by atoms with Crippen LogP contribution in [-0.4, -0.2) is 18.6 Å². The van der Waals surface area contributed by atoms with Crippen molar-refractivity contribution in [1.82, 2.24) is 0 Å². The van der Waals surface area contributed by atoms with Crippen molar-refractivity contribution in [3.63, 3.8) is 0 Å². The zero-order valence-corrected chi connectivity index (χ0v) is 8.08. The molecule has 2 atom stereocenters. The Morgan fingerprint density at radius 1 is 1.38 bits per heavy atom. The second-order valence-electron chi connectivity index (χ2n) is 4.51. The molecule has 0 aromatic heterocycles. The molecule has 13 heavy (non-hydrogen) atoms. The first kappa shape index (κ1) is 9.00. The highest BCUT2D eigenvalue weighted by molar-refractivity contribution is 5.81. The molecule has 2 N–H and O–H groups in total. The van der Waals surface area contributed by atoms with Gasteiger partial charge in [0.2, 0.25) is 0 Å². The minimum absolute atomic E-state index is 0.220. The Hall–Kier alpha value is -0.570. The number of fused-ring (bicyclic) bond motifs is 1. The van der Waals surface area contributed by atoms with Crippen LogP contribution in [0.5, 0.6) is 0 Å². The lowest BCUT2D eigenvalue weighted by molar-refractivity contribution is -0.147. The van der Waals surface area contributed by atoms with Crippen LogP contribution in [0.15, 0.2) is 0 Å². The molecule has 0 saturated heterocycles. The molecule has 0 amide bonds. The molecule has 0 bridgehead atoms. The summed E-state index contributed by atoms with van der Waals surface area (Å²) < 4.78 is 4.74. The van der Waals surface area contributed by atoms with E-state index in [-0.39, 0.29) is 5.97 Å². The smallest absolute Gasteiger partial charge is 0.325 e. The highest BCUT2D eigenvalue weighted by Crippen LogP contribution is 2.47. The Morgan fingerprint density at radius 3 is 2.38 bits per heavy atom. The van der Waals surface area contributed by atoms with Crippen LogP contribution in [-0.2, 0) is 9.53 Å². The maximum atomic E-state index is 11.4. The van der Waals surface area contributed by atoms with E-state index in [1.54, 1.807) is 0 Å². The molecule has 2 saturated carbocycles. The molecule has 2 fully saturated rings. The van der Waals surface area contributed by atoms with Gasteiger partial charge in [-0.25, -0.2) is 0 Å². The quantitative estimate of drug-likeness (QED) is 0.618. The van der Waals surface area contributed by atoms with Gasteiger partial charge in [0.1, 0.15) is 5.54 Å².